The minimum absolute atomic E-state index is 0.156. The van der Waals surface area contributed by atoms with Crippen molar-refractivity contribution in [2.24, 2.45) is 11.8 Å². The Hall–Kier alpha value is -2.21. The number of benzene rings is 1. The predicted octanol–water partition coefficient (Wildman–Crippen LogP) is 2.87. The lowest BCUT2D eigenvalue weighted by molar-refractivity contribution is -0.131. The van der Waals surface area contributed by atoms with Crippen molar-refractivity contribution in [3.8, 4) is 11.3 Å². The molecule has 5 nitrogen and oxygen atoms in total. The molecule has 0 radical (unpaired) electrons. The van der Waals surface area contributed by atoms with Crippen LogP contribution in [0.2, 0.25) is 0 Å². The fraction of sp³-hybridized carbons (Fsp3) is 0.500. The van der Waals surface area contributed by atoms with Gasteiger partial charge in [-0.05, 0) is 49.9 Å². The molecule has 26 heavy (non-hydrogen) atoms. The molecule has 0 aliphatic carbocycles. The molecule has 0 bridgehead atoms. The van der Waals surface area contributed by atoms with Crippen molar-refractivity contribution in [2.45, 2.75) is 25.7 Å². The molecule has 2 saturated heterocycles. The Morgan fingerprint density at radius 3 is 2.69 bits per heavy atom. The third-order valence-corrected chi connectivity index (χ3v) is 5.62. The zero-order valence-corrected chi connectivity index (χ0v) is 14.8. The number of hydrogen-bond donors (Lipinski definition) is 1. The van der Waals surface area contributed by atoms with E-state index < -0.39 is 0 Å². The van der Waals surface area contributed by atoms with Crippen molar-refractivity contribution in [1.29, 1.82) is 0 Å². The highest BCUT2D eigenvalue weighted by atomic mass is 19.1. The van der Waals surface area contributed by atoms with Crippen LogP contribution in [-0.4, -0.2) is 42.0 Å². The first kappa shape index (κ1) is 17.2. The van der Waals surface area contributed by atoms with Crippen LogP contribution in [-0.2, 0) is 11.2 Å². The van der Waals surface area contributed by atoms with Gasteiger partial charge in [0.05, 0.1) is 11.8 Å². The smallest absolute Gasteiger partial charge is 0.223 e. The Kier molecular flexibility index (Phi) is 5.02. The Morgan fingerprint density at radius 1 is 1.23 bits per heavy atom. The number of rotatable bonds is 4. The Bertz CT molecular complexity index is 762. The number of nitrogens with one attached hydrogen (secondary N) is 1. The van der Waals surface area contributed by atoms with E-state index in [0.717, 1.165) is 39.0 Å². The topological polar surface area (TPSA) is 58.4 Å². The van der Waals surface area contributed by atoms with Gasteiger partial charge in [0.15, 0.2) is 11.7 Å². The summed E-state index contributed by atoms with van der Waals surface area (Å²) >= 11 is 0. The van der Waals surface area contributed by atoms with Gasteiger partial charge >= 0.3 is 0 Å². The first-order valence-corrected chi connectivity index (χ1v) is 9.39. The van der Waals surface area contributed by atoms with Crippen LogP contribution in [0.1, 0.15) is 25.2 Å². The molecular weight excluding hydrogens is 333 g/mol. The Morgan fingerprint density at radius 2 is 1.96 bits per heavy atom. The number of halogens is 1. The lowest BCUT2D eigenvalue weighted by atomic mass is 9.92. The van der Waals surface area contributed by atoms with Crippen molar-refractivity contribution in [3.05, 3.63) is 42.2 Å². The fourth-order valence-electron chi connectivity index (χ4n) is 4.05. The molecule has 2 fully saturated rings. The molecule has 6 heteroatoms. The fourth-order valence-corrected chi connectivity index (χ4v) is 4.05. The third-order valence-electron chi connectivity index (χ3n) is 5.62. The second-order valence-corrected chi connectivity index (χ2v) is 7.23. The molecule has 2 aliphatic heterocycles. The van der Waals surface area contributed by atoms with Gasteiger partial charge in [-0.25, -0.2) is 9.37 Å². The van der Waals surface area contributed by atoms with Crippen LogP contribution in [0, 0.1) is 17.7 Å². The van der Waals surface area contributed by atoms with E-state index in [1.165, 1.54) is 12.3 Å². The molecule has 1 aromatic carbocycles. The highest BCUT2D eigenvalue weighted by molar-refractivity contribution is 5.76. The first-order valence-electron chi connectivity index (χ1n) is 9.39. The number of hydrogen-bond acceptors (Lipinski definition) is 4. The zero-order valence-electron chi connectivity index (χ0n) is 14.8. The minimum Gasteiger partial charge on any atom is -0.441 e. The lowest BCUT2D eigenvalue weighted by Crippen LogP contribution is -2.32. The van der Waals surface area contributed by atoms with Gasteiger partial charge in [0, 0.05) is 25.9 Å². The lowest BCUT2D eigenvalue weighted by Gasteiger charge is -2.20. The molecule has 2 aromatic rings. The average molecular weight is 357 g/mol. The summed E-state index contributed by atoms with van der Waals surface area (Å²) in [6.07, 6.45) is 4.51. The SMILES string of the molecule is O=C(CCc1ncc(-c2ccccc2F)o1)N1CC[C@@H]2CNC[C@@H]2CC1. The first-order chi connectivity index (χ1) is 12.7. The molecule has 2 atom stereocenters. The van der Waals surface area contributed by atoms with Gasteiger partial charge in [-0.3, -0.25) is 4.79 Å². The number of amides is 1. The molecule has 1 aromatic heterocycles. The van der Waals surface area contributed by atoms with Crippen LogP contribution in [0.3, 0.4) is 0 Å². The predicted molar refractivity (Wildman–Crippen MR) is 95.9 cm³/mol. The highest BCUT2D eigenvalue weighted by Crippen LogP contribution is 2.27. The van der Waals surface area contributed by atoms with E-state index in [1.54, 1.807) is 18.2 Å². The Labute approximate surface area is 152 Å². The van der Waals surface area contributed by atoms with E-state index in [0.29, 0.717) is 41.9 Å². The van der Waals surface area contributed by atoms with Crippen molar-refractivity contribution in [1.82, 2.24) is 15.2 Å². The van der Waals surface area contributed by atoms with Gasteiger partial charge in [-0.15, -0.1) is 0 Å². The van der Waals surface area contributed by atoms with Crippen molar-refractivity contribution >= 4 is 5.91 Å². The number of aromatic nitrogens is 1. The number of fused-ring (bicyclic) bond motifs is 1. The van der Waals surface area contributed by atoms with Crippen LogP contribution in [0.15, 0.2) is 34.9 Å². The summed E-state index contributed by atoms with van der Waals surface area (Å²) in [5, 5.41) is 3.45. The number of aryl methyl sites for hydroxylation is 1. The van der Waals surface area contributed by atoms with Crippen molar-refractivity contribution in [3.63, 3.8) is 0 Å². The zero-order chi connectivity index (χ0) is 17.9. The van der Waals surface area contributed by atoms with Gasteiger partial charge in [-0.2, -0.15) is 0 Å². The average Bonchev–Trinajstić information content (AvgIpc) is 3.26. The maximum absolute atomic E-state index is 13.8. The molecule has 0 unspecified atom stereocenters. The molecule has 0 saturated carbocycles. The van der Waals surface area contributed by atoms with E-state index in [2.05, 4.69) is 10.3 Å². The van der Waals surface area contributed by atoms with Gasteiger partial charge in [0.2, 0.25) is 5.91 Å². The van der Waals surface area contributed by atoms with Gasteiger partial charge in [0.25, 0.3) is 0 Å². The number of carbonyl (C=O) groups excluding carboxylic acids is 1. The molecule has 138 valence electrons. The summed E-state index contributed by atoms with van der Waals surface area (Å²) in [5.74, 6) is 2.12. The minimum atomic E-state index is -0.337. The van der Waals surface area contributed by atoms with Crippen LogP contribution in [0.25, 0.3) is 11.3 Å². The second-order valence-electron chi connectivity index (χ2n) is 7.23. The van der Waals surface area contributed by atoms with E-state index in [-0.39, 0.29) is 11.7 Å². The number of likely N-dealkylation sites (tertiary alicyclic amines) is 1. The Balaban J connectivity index is 1.33. The number of oxazole rings is 1. The molecule has 4 rings (SSSR count). The van der Waals surface area contributed by atoms with E-state index in [1.807, 2.05) is 4.90 Å². The maximum Gasteiger partial charge on any atom is 0.223 e. The van der Waals surface area contributed by atoms with Crippen LogP contribution >= 0.6 is 0 Å². The summed E-state index contributed by atoms with van der Waals surface area (Å²) in [6.45, 7) is 3.85. The number of nitrogens with zero attached hydrogens (tertiary/aromatic N) is 2. The molecule has 1 N–H and O–H groups in total. The van der Waals surface area contributed by atoms with Gasteiger partial charge in [-0.1, -0.05) is 12.1 Å². The summed E-state index contributed by atoms with van der Waals surface area (Å²) in [4.78, 5) is 18.7. The molecule has 1 amide bonds. The summed E-state index contributed by atoms with van der Waals surface area (Å²) in [7, 11) is 0. The molecular formula is C20H24FN3O2. The maximum atomic E-state index is 13.8. The van der Waals surface area contributed by atoms with E-state index in [9.17, 15) is 9.18 Å². The third kappa shape index (κ3) is 3.65. The second kappa shape index (κ2) is 7.58. The molecule has 0 spiro atoms. The van der Waals surface area contributed by atoms with Crippen LogP contribution in [0.4, 0.5) is 4.39 Å². The van der Waals surface area contributed by atoms with E-state index >= 15 is 0 Å². The largest absolute Gasteiger partial charge is 0.441 e. The quantitative estimate of drug-likeness (QED) is 0.914. The van der Waals surface area contributed by atoms with Crippen LogP contribution in [0.5, 0.6) is 0 Å². The highest BCUT2D eigenvalue weighted by Gasteiger charge is 2.31. The summed E-state index contributed by atoms with van der Waals surface area (Å²) < 4.78 is 19.5. The van der Waals surface area contributed by atoms with Crippen LogP contribution < -0.4 is 5.32 Å². The normalized spacial score (nSPS) is 22.9. The van der Waals surface area contributed by atoms with Crippen molar-refractivity contribution in [2.75, 3.05) is 26.2 Å². The van der Waals surface area contributed by atoms with Crippen molar-refractivity contribution < 1.29 is 13.6 Å². The molecule has 2 aliphatic rings. The number of carbonyl (C=O) groups is 1. The van der Waals surface area contributed by atoms with E-state index in [4.69, 9.17) is 4.42 Å². The summed E-state index contributed by atoms with van der Waals surface area (Å²) in [5.41, 5.74) is 0.394. The monoisotopic (exact) mass is 357 g/mol. The summed E-state index contributed by atoms with van der Waals surface area (Å²) in [6, 6.07) is 6.45. The van der Waals surface area contributed by atoms with Gasteiger partial charge in [0.1, 0.15) is 5.82 Å². The molecule has 3 heterocycles. The van der Waals surface area contributed by atoms with Gasteiger partial charge < -0.3 is 14.6 Å². The standard InChI is InChI=1S/C20H24FN3O2/c21-17-4-2-1-3-16(17)18-13-23-19(26-18)5-6-20(25)24-9-7-14-11-22-12-15(14)8-10-24/h1-4,13-15,22H,5-12H2/t14-,15+.